The molecule has 2 atom stereocenters. The van der Waals surface area contributed by atoms with Gasteiger partial charge in [-0.15, -0.1) is 12.6 Å². The number of carbonyl (C=O) groups excluding carboxylic acids is 2. The molecule has 1 aromatic heterocycles. The molecule has 26 heavy (non-hydrogen) atoms. The lowest BCUT2D eigenvalue weighted by Gasteiger charge is -2.32. The molecule has 3 heterocycles. The van der Waals surface area contributed by atoms with Crippen LogP contribution >= 0.6 is 12.6 Å². The van der Waals surface area contributed by atoms with Gasteiger partial charge >= 0.3 is 5.97 Å². The van der Waals surface area contributed by atoms with Crippen LogP contribution in [0, 0.1) is 17.2 Å². The lowest BCUT2D eigenvalue weighted by molar-refractivity contribution is -0.142. The first-order valence-corrected chi connectivity index (χ1v) is 8.72. The number of methoxy groups -OCH3 is 1. The third-order valence-corrected chi connectivity index (χ3v) is 5.38. The van der Waals surface area contributed by atoms with E-state index < -0.39 is 11.0 Å². The van der Waals surface area contributed by atoms with E-state index >= 15 is 0 Å². The van der Waals surface area contributed by atoms with E-state index in [-0.39, 0.29) is 29.2 Å². The van der Waals surface area contributed by atoms with Crippen molar-refractivity contribution in [1.82, 2.24) is 9.88 Å². The van der Waals surface area contributed by atoms with Crippen molar-refractivity contribution in [2.45, 2.75) is 31.3 Å². The van der Waals surface area contributed by atoms with Gasteiger partial charge in [-0.05, 0) is 20.3 Å². The summed E-state index contributed by atoms with van der Waals surface area (Å²) in [6.45, 7) is 4.38. The number of amides is 1. The third-order valence-electron chi connectivity index (χ3n) is 4.87. The number of rotatable bonds is 4. The van der Waals surface area contributed by atoms with Crippen molar-refractivity contribution >= 4 is 30.2 Å². The van der Waals surface area contributed by atoms with Gasteiger partial charge in [0.25, 0.3) is 0 Å². The van der Waals surface area contributed by atoms with E-state index in [1.165, 1.54) is 18.2 Å². The molecule has 9 heteroatoms. The topological polar surface area (TPSA) is 95.8 Å². The summed E-state index contributed by atoms with van der Waals surface area (Å²) in [7, 11) is 1.44. The molecule has 2 aliphatic rings. The van der Waals surface area contributed by atoms with Gasteiger partial charge < -0.3 is 9.47 Å². The normalized spacial score (nSPS) is 25.3. The van der Waals surface area contributed by atoms with Crippen molar-refractivity contribution in [1.29, 1.82) is 5.26 Å². The molecule has 138 valence electrons. The molecule has 0 saturated carbocycles. The Labute approximate surface area is 157 Å². The van der Waals surface area contributed by atoms with Gasteiger partial charge in [-0.1, -0.05) is 0 Å². The van der Waals surface area contributed by atoms with Gasteiger partial charge in [0.05, 0.1) is 37.1 Å². The summed E-state index contributed by atoms with van der Waals surface area (Å²) < 4.78 is 10.2. The minimum atomic E-state index is -0.851. The predicted octanol–water partition coefficient (Wildman–Crippen LogP) is 1.17. The van der Waals surface area contributed by atoms with Gasteiger partial charge in [0.15, 0.2) is 11.4 Å². The maximum absolute atomic E-state index is 13.0. The van der Waals surface area contributed by atoms with Crippen LogP contribution in [0.2, 0.25) is 0 Å². The Morgan fingerprint density at radius 2 is 2.23 bits per heavy atom. The van der Waals surface area contributed by atoms with Crippen molar-refractivity contribution < 1.29 is 19.1 Å². The number of nitrogens with zero attached hydrogens (tertiary/aromatic N) is 4. The van der Waals surface area contributed by atoms with E-state index in [1.807, 2.05) is 11.0 Å². The summed E-state index contributed by atoms with van der Waals surface area (Å²) >= 11 is 4.63. The first-order chi connectivity index (χ1) is 12.3. The minimum absolute atomic E-state index is 0.142. The molecule has 0 N–H and O–H groups in total. The fraction of sp³-hybridized carbons (Fsp3) is 0.529. The van der Waals surface area contributed by atoms with Gasteiger partial charge in [-0.25, -0.2) is 4.98 Å². The highest BCUT2D eigenvalue weighted by Gasteiger charge is 2.52. The van der Waals surface area contributed by atoms with Crippen molar-refractivity contribution in [3.05, 3.63) is 18.0 Å². The summed E-state index contributed by atoms with van der Waals surface area (Å²) in [6.07, 6.45) is 2.08. The highest BCUT2D eigenvalue weighted by Crippen LogP contribution is 2.38. The number of esters is 1. The van der Waals surface area contributed by atoms with Crippen LogP contribution in [0.3, 0.4) is 0 Å². The van der Waals surface area contributed by atoms with Gasteiger partial charge in [0.2, 0.25) is 5.91 Å². The van der Waals surface area contributed by atoms with E-state index in [0.29, 0.717) is 25.3 Å². The molecule has 2 fully saturated rings. The molecule has 3 rings (SSSR count). The number of hydrogen-bond donors (Lipinski definition) is 1. The standard InChI is InChI=1S/C17H20N4O4S/c1-17(2)15(23)21(11-6-13(24-3)12(7-18)19-8-11)16(26)20(17)9-10-4-5-25-14(10)22/h6,8,10,16,26H,4-5,9H2,1-3H3. The van der Waals surface area contributed by atoms with Gasteiger partial charge in [0.1, 0.15) is 11.6 Å². The van der Waals surface area contributed by atoms with Gasteiger partial charge in [-0.2, -0.15) is 5.26 Å². The zero-order chi connectivity index (χ0) is 19.1. The Morgan fingerprint density at radius 1 is 1.50 bits per heavy atom. The molecule has 2 aliphatic heterocycles. The fourth-order valence-corrected chi connectivity index (χ4v) is 3.89. The van der Waals surface area contributed by atoms with Crippen molar-refractivity contribution in [2.24, 2.45) is 5.92 Å². The number of nitriles is 1. The SMILES string of the molecule is COc1cc(N2C(=O)C(C)(C)N(CC3CCOC3=O)C2S)cnc1C#N. The number of anilines is 1. The zero-order valence-corrected chi connectivity index (χ0v) is 15.7. The first-order valence-electron chi connectivity index (χ1n) is 8.20. The average Bonchev–Trinajstić information content (AvgIpc) is 3.09. The monoisotopic (exact) mass is 376 g/mol. The molecule has 2 saturated heterocycles. The molecule has 8 nitrogen and oxygen atoms in total. The second-order valence-corrected chi connectivity index (χ2v) is 7.20. The van der Waals surface area contributed by atoms with E-state index in [2.05, 4.69) is 17.6 Å². The molecule has 0 aliphatic carbocycles. The lowest BCUT2D eigenvalue weighted by atomic mass is 10.0. The van der Waals surface area contributed by atoms with Crippen LogP contribution in [0.1, 0.15) is 26.0 Å². The molecular formula is C17H20N4O4S. The highest BCUT2D eigenvalue weighted by atomic mass is 32.1. The van der Waals surface area contributed by atoms with Gasteiger partial charge in [-0.3, -0.25) is 19.4 Å². The highest BCUT2D eigenvalue weighted by molar-refractivity contribution is 7.81. The average molecular weight is 376 g/mol. The molecule has 0 spiro atoms. The number of thiol groups is 1. The summed E-state index contributed by atoms with van der Waals surface area (Å²) in [5, 5.41) is 9.08. The van der Waals surface area contributed by atoms with E-state index in [0.717, 1.165) is 0 Å². The summed E-state index contributed by atoms with van der Waals surface area (Å²) in [6, 6.07) is 3.54. The van der Waals surface area contributed by atoms with Crippen molar-refractivity contribution in [3.63, 3.8) is 0 Å². The predicted molar refractivity (Wildman–Crippen MR) is 95.6 cm³/mol. The molecule has 0 bridgehead atoms. The van der Waals surface area contributed by atoms with E-state index in [1.54, 1.807) is 19.9 Å². The van der Waals surface area contributed by atoms with Crippen LogP contribution in [-0.4, -0.2) is 53.1 Å². The quantitative estimate of drug-likeness (QED) is 0.622. The third kappa shape index (κ3) is 2.89. The number of ether oxygens (including phenoxy) is 2. The Kier molecular flexibility index (Phi) is 4.82. The smallest absolute Gasteiger partial charge is 0.310 e. The van der Waals surface area contributed by atoms with Crippen molar-refractivity contribution in [2.75, 3.05) is 25.2 Å². The number of aromatic nitrogens is 1. The van der Waals surface area contributed by atoms with Crippen LogP contribution in [0.4, 0.5) is 5.69 Å². The van der Waals surface area contributed by atoms with E-state index in [9.17, 15) is 9.59 Å². The molecular weight excluding hydrogens is 356 g/mol. The number of pyridine rings is 1. The van der Waals surface area contributed by atoms with E-state index in [4.69, 9.17) is 14.7 Å². The number of hydrogen-bond acceptors (Lipinski definition) is 8. The Morgan fingerprint density at radius 3 is 2.81 bits per heavy atom. The van der Waals surface area contributed by atoms with Crippen molar-refractivity contribution in [3.8, 4) is 11.8 Å². The Balaban J connectivity index is 1.93. The largest absolute Gasteiger partial charge is 0.494 e. The number of cyclic esters (lactones) is 1. The van der Waals surface area contributed by atoms with Crippen LogP contribution in [-0.2, 0) is 14.3 Å². The summed E-state index contributed by atoms with van der Waals surface area (Å²) in [5.41, 5.74) is -0.805. The van der Waals surface area contributed by atoms with Crippen LogP contribution in [0.15, 0.2) is 12.3 Å². The maximum Gasteiger partial charge on any atom is 0.310 e. The molecule has 0 aromatic carbocycles. The minimum Gasteiger partial charge on any atom is -0.494 e. The van der Waals surface area contributed by atoms with Crippen LogP contribution < -0.4 is 9.64 Å². The maximum atomic E-state index is 13.0. The summed E-state index contributed by atoms with van der Waals surface area (Å²) in [5.74, 6) is -0.398. The Hall–Kier alpha value is -2.31. The van der Waals surface area contributed by atoms with Crippen LogP contribution in [0.5, 0.6) is 5.75 Å². The van der Waals surface area contributed by atoms with Gasteiger partial charge in [0, 0.05) is 12.6 Å². The molecule has 0 radical (unpaired) electrons. The fourth-order valence-electron chi connectivity index (χ4n) is 3.27. The zero-order valence-electron chi connectivity index (χ0n) is 14.8. The second-order valence-electron chi connectivity index (χ2n) is 6.74. The first kappa shape index (κ1) is 18.5. The summed E-state index contributed by atoms with van der Waals surface area (Å²) in [4.78, 5) is 32.3. The number of carbonyl (C=O) groups is 2. The molecule has 1 aromatic rings. The van der Waals surface area contributed by atoms with Crippen LogP contribution in [0.25, 0.3) is 0 Å². The Bertz CT molecular complexity index is 791. The second kappa shape index (κ2) is 6.78. The lowest BCUT2D eigenvalue weighted by Crippen LogP contribution is -2.47. The molecule has 1 amide bonds. The molecule has 2 unspecified atom stereocenters.